The van der Waals surface area contributed by atoms with Crippen LogP contribution in [0.15, 0.2) is 32.4 Å². The lowest BCUT2D eigenvalue weighted by Gasteiger charge is -2.09. The van der Waals surface area contributed by atoms with Crippen molar-refractivity contribution >= 4 is 27.9 Å². The fourth-order valence-electron chi connectivity index (χ4n) is 2.27. The highest BCUT2D eigenvalue weighted by molar-refractivity contribution is 8.13. The maximum atomic E-state index is 11.8. The molecule has 4 nitrogen and oxygen atoms in total. The molecule has 0 bridgehead atoms. The topological polar surface area (TPSA) is 68.6 Å². The molecule has 1 heterocycles. The second-order valence-electron chi connectivity index (χ2n) is 6.17. The summed E-state index contributed by atoms with van der Waals surface area (Å²) in [5.74, 6) is 1.23. The Morgan fingerprint density at radius 3 is 2.78 bits per heavy atom. The Morgan fingerprint density at radius 2 is 2.09 bits per heavy atom. The lowest BCUT2D eigenvalue weighted by Crippen LogP contribution is -2.09. The molecule has 2 N–H and O–H groups in total. The van der Waals surface area contributed by atoms with Gasteiger partial charge in [-0.3, -0.25) is 4.99 Å². The lowest BCUT2D eigenvalue weighted by molar-refractivity contribution is 0.557. The summed E-state index contributed by atoms with van der Waals surface area (Å²) in [6.45, 7) is 9.05. The van der Waals surface area contributed by atoms with Crippen molar-refractivity contribution in [3.8, 4) is 0 Å². The smallest absolute Gasteiger partial charge is 0.336 e. The van der Waals surface area contributed by atoms with Gasteiger partial charge in [0.15, 0.2) is 5.17 Å². The molecule has 2 aromatic rings. The molecule has 1 aromatic heterocycles. The zero-order valence-corrected chi connectivity index (χ0v) is 15.0. The average Bonchev–Trinajstić information content (AvgIpc) is 2.48. The first-order valence-electron chi connectivity index (χ1n) is 7.84. The number of rotatable bonds is 5. The Morgan fingerprint density at radius 1 is 1.35 bits per heavy atom. The van der Waals surface area contributed by atoms with E-state index in [0.29, 0.717) is 22.4 Å². The van der Waals surface area contributed by atoms with Crippen molar-refractivity contribution in [1.82, 2.24) is 0 Å². The molecule has 0 atom stereocenters. The highest BCUT2D eigenvalue weighted by Crippen LogP contribution is 2.25. The van der Waals surface area contributed by atoms with E-state index in [1.165, 1.54) is 11.8 Å². The standard InChI is InChI=1S/C18H24N2O2S/c1-11(2)7-8-20-18(19)23-10-14-9-16(21)22-17-13(4)12(3)5-6-15(14)17/h5-6,9,11H,7-8,10H2,1-4H3,(H2,19,20). The monoisotopic (exact) mass is 332 g/mol. The third-order valence-electron chi connectivity index (χ3n) is 3.87. The van der Waals surface area contributed by atoms with Gasteiger partial charge in [0.1, 0.15) is 5.58 Å². The highest BCUT2D eigenvalue weighted by atomic mass is 32.2. The first-order valence-corrected chi connectivity index (χ1v) is 8.82. The fourth-order valence-corrected chi connectivity index (χ4v) is 3.00. The van der Waals surface area contributed by atoms with E-state index in [-0.39, 0.29) is 5.63 Å². The van der Waals surface area contributed by atoms with Crippen LogP contribution in [0.5, 0.6) is 0 Å². The molecule has 2 rings (SSSR count). The van der Waals surface area contributed by atoms with Gasteiger partial charge < -0.3 is 10.2 Å². The Bertz CT molecular complexity index is 778. The maximum Gasteiger partial charge on any atom is 0.336 e. The summed E-state index contributed by atoms with van der Waals surface area (Å²) in [6, 6.07) is 5.60. The summed E-state index contributed by atoms with van der Waals surface area (Å²) in [6.07, 6.45) is 1.03. The molecule has 23 heavy (non-hydrogen) atoms. The van der Waals surface area contributed by atoms with E-state index >= 15 is 0 Å². The lowest BCUT2D eigenvalue weighted by atomic mass is 10.0. The number of thioether (sulfide) groups is 1. The van der Waals surface area contributed by atoms with E-state index in [1.807, 2.05) is 26.0 Å². The van der Waals surface area contributed by atoms with Crippen molar-refractivity contribution < 1.29 is 4.42 Å². The summed E-state index contributed by atoms with van der Waals surface area (Å²) >= 11 is 1.46. The summed E-state index contributed by atoms with van der Waals surface area (Å²) in [5, 5.41) is 1.53. The van der Waals surface area contributed by atoms with Gasteiger partial charge in [-0.05, 0) is 42.9 Å². The van der Waals surface area contributed by atoms with Crippen molar-refractivity contribution in [3.63, 3.8) is 0 Å². The average molecular weight is 332 g/mol. The molecule has 0 aliphatic heterocycles. The summed E-state index contributed by atoms with van der Waals surface area (Å²) in [5.41, 5.74) is 9.36. The number of aryl methyl sites for hydroxylation is 2. The second-order valence-corrected chi connectivity index (χ2v) is 7.16. The molecule has 0 spiro atoms. The van der Waals surface area contributed by atoms with Crippen molar-refractivity contribution in [2.45, 2.75) is 39.9 Å². The van der Waals surface area contributed by atoms with Gasteiger partial charge in [0.25, 0.3) is 0 Å². The van der Waals surface area contributed by atoms with Crippen molar-refractivity contribution in [2.75, 3.05) is 6.54 Å². The zero-order chi connectivity index (χ0) is 17.0. The maximum absolute atomic E-state index is 11.8. The van der Waals surface area contributed by atoms with Crippen LogP contribution < -0.4 is 11.4 Å². The zero-order valence-electron chi connectivity index (χ0n) is 14.2. The SMILES string of the molecule is Cc1ccc2c(CSC(N)=NCCC(C)C)cc(=O)oc2c1C. The molecular formula is C18H24N2O2S. The molecule has 0 aliphatic rings. The Balaban J connectivity index is 2.20. The van der Waals surface area contributed by atoms with Crippen LogP contribution in [0.25, 0.3) is 11.0 Å². The molecule has 0 saturated heterocycles. The predicted octanol–water partition coefficient (Wildman–Crippen LogP) is 4.00. The fraction of sp³-hybridized carbons (Fsp3) is 0.444. The molecule has 0 radical (unpaired) electrons. The van der Waals surface area contributed by atoms with Crippen LogP contribution in [0.2, 0.25) is 0 Å². The van der Waals surface area contributed by atoms with E-state index < -0.39 is 0 Å². The quantitative estimate of drug-likeness (QED) is 0.510. The van der Waals surface area contributed by atoms with Crippen LogP contribution in [-0.2, 0) is 5.75 Å². The Kier molecular flexibility index (Phi) is 5.88. The van der Waals surface area contributed by atoms with E-state index in [9.17, 15) is 4.79 Å². The van der Waals surface area contributed by atoms with Crippen LogP contribution in [0.1, 0.15) is 37.0 Å². The molecule has 0 saturated carbocycles. The van der Waals surface area contributed by atoms with E-state index in [2.05, 4.69) is 18.8 Å². The van der Waals surface area contributed by atoms with E-state index in [0.717, 1.165) is 35.0 Å². The van der Waals surface area contributed by atoms with Gasteiger partial charge in [-0.15, -0.1) is 0 Å². The molecule has 5 heteroatoms. The number of hydrogen-bond acceptors (Lipinski definition) is 4. The van der Waals surface area contributed by atoms with Crippen LogP contribution in [0.3, 0.4) is 0 Å². The number of benzene rings is 1. The van der Waals surface area contributed by atoms with Crippen LogP contribution >= 0.6 is 11.8 Å². The Hall–Kier alpha value is -1.75. The van der Waals surface area contributed by atoms with Gasteiger partial charge in [-0.1, -0.05) is 37.7 Å². The minimum absolute atomic E-state index is 0.322. The number of hydrogen-bond donors (Lipinski definition) is 1. The minimum Gasteiger partial charge on any atom is -0.422 e. The second kappa shape index (κ2) is 7.68. The van der Waals surface area contributed by atoms with Crippen LogP contribution in [0, 0.1) is 19.8 Å². The van der Waals surface area contributed by atoms with Crippen LogP contribution in [0.4, 0.5) is 0 Å². The van der Waals surface area contributed by atoms with Crippen molar-refractivity contribution in [2.24, 2.45) is 16.6 Å². The van der Waals surface area contributed by atoms with Crippen molar-refractivity contribution in [1.29, 1.82) is 0 Å². The van der Waals surface area contributed by atoms with Gasteiger partial charge in [-0.2, -0.15) is 0 Å². The molecule has 1 aromatic carbocycles. The molecule has 0 unspecified atom stereocenters. The summed E-state index contributed by atoms with van der Waals surface area (Å²) in [7, 11) is 0. The number of fused-ring (bicyclic) bond motifs is 1. The predicted molar refractivity (Wildman–Crippen MR) is 99.2 cm³/mol. The highest BCUT2D eigenvalue weighted by Gasteiger charge is 2.10. The number of aliphatic imine (C=N–C) groups is 1. The number of amidine groups is 1. The first kappa shape index (κ1) is 17.6. The molecule has 0 amide bonds. The molecular weight excluding hydrogens is 308 g/mol. The normalized spacial score (nSPS) is 12.3. The van der Waals surface area contributed by atoms with E-state index in [1.54, 1.807) is 6.07 Å². The third-order valence-corrected chi connectivity index (χ3v) is 4.75. The van der Waals surface area contributed by atoms with Gasteiger partial charge in [0.2, 0.25) is 0 Å². The van der Waals surface area contributed by atoms with E-state index in [4.69, 9.17) is 10.2 Å². The van der Waals surface area contributed by atoms with Gasteiger partial charge in [-0.25, -0.2) is 4.79 Å². The molecule has 124 valence electrons. The largest absolute Gasteiger partial charge is 0.422 e. The molecule has 0 fully saturated rings. The Labute approximate surface area is 141 Å². The minimum atomic E-state index is -0.322. The third kappa shape index (κ3) is 4.61. The summed E-state index contributed by atoms with van der Waals surface area (Å²) in [4.78, 5) is 16.2. The first-order chi connectivity index (χ1) is 10.9. The molecule has 0 aliphatic carbocycles. The van der Waals surface area contributed by atoms with Gasteiger partial charge in [0.05, 0.1) is 0 Å². The van der Waals surface area contributed by atoms with Crippen LogP contribution in [-0.4, -0.2) is 11.7 Å². The summed E-state index contributed by atoms with van der Waals surface area (Å²) < 4.78 is 5.39. The van der Waals surface area contributed by atoms with Gasteiger partial charge >= 0.3 is 5.63 Å². The number of nitrogens with zero attached hydrogens (tertiary/aromatic N) is 1. The van der Waals surface area contributed by atoms with Crippen molar-refractivity contribution in [3.05, 3.63) is 45.3 Å². The van der Waals surface area contributed by atoms with Gasteiger partial charge in [0, 0.05) is 23.8 Å². The number of nitrogens with two attached hydrogens (primary N) is 1.